The SMILES string of the molecule is Cc1cc2nc(NC(=O)c3ccc(/C=C4\SC(=O)NC4=O)cc3)[nH]c2cc1C.Cc1cc2nc(NCc3ccc(/C=C4\SC(=O)NC4=O)cc3)[nH]c2cc1C.Cc1cc2nc(NS(=O)(=O)c3ccc(/C=C4\SC(=O)NC4=O)cc3)[nH]c2cc1C.O=C1NC(=O)/C(=C/c2ccc(OCc3nc4ccccc4[nH]3)cc2)S1. The molecule has 0 unspecified atom stereocenters. The van der Waals surface area contributed by atoms with E-state index in [0.717, 1.165) is 142 Å². The molecule has 0 spiro atoms. The molecular weight excluding hydrogens is 1490 g/mol. The number of anilines is 3. The molecule has 32 heteroatoms. The first-order valence-electron chi connectivity index (χ1n) is 33.2. The Bertz CT molecular complexity index is 5830. The second kappa shape index (κ2) is 32.2. The molecule has 0 aliphatic carbocycles. The van der Waals surface area contributed by atoms with E-state index in [1.54, 1.807) is 54.6 Å². The summed E-state index contributed by atoms with van der Waals surface area (Å²) < 4.78 is 33.5. The van der Waals surface area contributed by atoms with Gasteiger partial charge in [-0.05, 0) is 259 Å². The summed E-state index contributed by atoms with van der Waals surface area (Å²) in [5, 5.41) is 13.4. The van der Waals surface area contributed by atoms with Crippen LogP contribution in [0.25, 0.3) is 68.4 Å². The van der Waals surface area contributed by atoms with Crippen LogP contribution in [0.4, 0.5) is 37.0 Å². The van der Waals surface area contributed by atoms with Crippen molar-refractivity contribution in [2.45, 2.75) is 59.6 Å². The average Bonchev–Trinajstić information content (AvgIpc) is 1.61. The van der Waals surface area contributed by atoms with Crippen LogP contribution in [0.5, 0.6) is 5.75 Å². The predicted octanol–water partition coefficient (Wildman–Crippen LogP) is 14.6. The van der Waals surface area contributed by atoms with Crippen LogP contribution in [0.2, 0.25) is 0 Å². The number of nitrogens with zero attached hydrogens (tertiary/aromatic N) is 4. The fourth-order valence-corrected chi connectivity index (χ4v) is 14.6. The molecular formula is C77H63N15O12S5. The van der Waals surface area contributed by atoms with Crippen molar-refractivity contribution in [1.82, 2.24) is 61.1 Å². The molecule has 4 aliphatic rings. The van der Waals surface area contributed by atoms with Crippen LogP contribution >= 0.6 is 47.0 Å². The maximum atomic E-state index is 12.7. The van der Waals surface area contributed by atoms with E-state index >= 15 is 0 Å². The minimum atomic E-state index is -3.85. The molecule has 0 bridgehead atoms. The van der Waals surface area contributed by atoms with Crippen LogP contribution in [0.3, 0.4) is 0 Å². The number of aryl methyl sites for hydroxylation is 6. The fraction of sp³-hybridized carbons (Fsp3) is 0.104. The van der Waals surface area contributed by atoms with Gasteiger partial charge in [-0.1, -0.05) is 72.8 Å². The van der Waals surface area contributed by atoms with Gasteiger partial charge in [0.1, 0.15) is 18.2 Å². The number of hydrogen-bond acceptors (Lipinski definition) is 21. The maximum Gasteiger partial charge on any atom is 0.290 e. The molecule has 109 heavy (non-hydrogen) atoms. The van der Waals surface area contributed by atoms with E-state index in [4.69, 9.17) is 4.74 Å². The topological polar surface area (TPSA) is 396 Å². The zero-order chi connectivity index (χ0) is 76.8. The summed E-state index contributed by atoms with van der Waals surface area (Å²) in [5.74, 6) is 0.829. The Kier molecular flexibility index (Phi) is 22.1. The number of ether oxygens (including phenoxy) is 1. The normalized spacial score (nSPS) is 15.6. The number of sulfonamides is 1. The summed E-state index contributed by atoms with van der Waals surface area (Å²) in [4.78, 5) is 135. The van der Waals surface area contributed by atoms with Crippen molar-refractivity contribution in [2.24, 2.45) is 0 Å². The van der Waals surface area contributed by atoms with E-state index < -0.39 is 27.1 Å². The quantitative estimate of drug-likeness (QED) is 0.0425. The Hall–Kier alpha value is -12.6. The Labute approximate surface area is 637 Å². The van der Waals surface area contributed by atoms with Crippen LogP contribution < -0.4 is 41.4 Å². The fourth-order valence-electron chi connectivity index (χ4n) is 10.9. The van der Waals surface area contributed by atoms with E-state index in [2.05, 4.69) is 102 Å². The van der Waals surface area contributed by atoms with Gasteiger partial charge in [-0.15, -0.1) is 0 Å². The number of rotatable bonds is 15. The highest BCUT2D eigenvalue weighted by molar-refractivity contribution is 8.19. The van der Waals surface area contributed by atoms with Gasteiger partial charge in [-0.25, -0.2) is 33.1 Å². The minimum Gasteiger partial charge on any atom is -0.486 e. The zero-order valence-electron chi connectivity index (χ0n) is 58.5. The molecule has 0 saturated carbocycles. The number of amides is 9. The van der Waals surface area contributed by atoms with Gasteiger partial charge in [-0.2, -0.15) is 0 Å². The second-order valence-electron chi connectivity index (χ2n) is 24.9. The zero-order valence-corrected chi connectivity index (χ0v) is 62.5. The molecule has 4 aliphatic heterocycles. The minimum absolute atomic E-state index is 0.0482. The summed E-state index contributed by atoms with van der Waals surface area (Å²) in [6.07, 6.45) is 6.52. The highest BCUT2D eigenvalue weighted by Gasteiger charge is 2.29. The number of thioether (sulfide) groups is 4. The summed E-state index contributed by atoms with van der Waals surface area (Å²) in [5.41, 5.74) is 18.4. The first kappa shape index (κ1) is 74.6. The largest absolute Gasteiger partial charge is 0.486 e. The van der Waals surface area contributed by atoms with E-state index in [9.17, 15) is 51.6 Å². The molecule has 548 valence electrons. The molecule has 16 rings (SSSR count). The smallest absolute Gasteiger partial charge is 0.290 e. The number of hydrogen-bond donors (Lipinski definition) is 11. The number of imide groups is 4. The average molecular weight is 1550 g/mol. The summed E-state index contributed by atoms with van der Waals surface area (Å²) in [7, 11) is -3.85. The van der Waals surface area contributed by atoms with Crippen LogP contribution in [-0.2, 0) is 42.4 Å². The number of carbonyl (C=O) groups excluding carboxylic acids is 9. The lowest BCUT2D eigenvalue weighted by Crippen LogP contribution is -2.17. The van der Waals surface area contributed by atoms with E-state index in [0.29, 0.717) is 56.2 Å². The van der Waals surface area contributed by atoms with Gasteiger partial charge in [-0.3, -0.25) is 69.7 Å². The molecule has 0 atom stereocenters. The van der Waals surface area contributed by atoms with E-state index in [1.807, 2.05) is 125 Å². The van der Waals surface area contributed by atoms with Crippen molar-refractivity contribution in [3.05, 3.63) is 250 Å². The van der Waals surface area contributed by atoms with Gasteiger partial charge in [0.15, 0.2) is 0 Å². The molecule has 4 fully saturated rings. The number of imidazole rings is 4. The molecule has 12 aromatic rings. The van der Waals surface area contributed by atoms with E-state index in [1.165, 1.54) is 29.3 Å². The van der Waals surface area contributed by atoms with Gasteiger partial charge in [0.25, 0.3) is 60.5 Å². The number of benzene rings is 8. The van der Waals surface area contributed by atoms with Crippen LogP contribution in [0.1, 0.15) is 77.4 Å². The lowest BCUT2D eigenvalue weighted by molar-refractivity contribution is -0.116. The molecule has 8 aromatic carbocycles. The number of nitrogens with one attached hydrogen (secondary N) is 11. The third-order valence-electron chi connectivity index (χ3n) is 17.0. The molecule has 11 N–H and O–H groups in total. The van der Waals surface area contributed by atoms with Gasteiger partial charge >= 0.3 is 0 Å². The van der Waals surface area contributed by atoms with Gasteiger partial charge in [0.2, 0.25) is 17.8 Å². The van der Waals surface area contributed by atoms with E-state index in [-0.39, 0.29) is 49.2 Å². The number of fused-ring (bicyclic) bond motifs is 4. The van der Waals surface area contributed by atoms with Gasteiger partial charge in [0.05, 0.1) is 68.6 Å². The summed E-state index contributed by atoms with van der Waals surface area (Å²) >= 11 is 3.48. The first-order chi connectivity index (χ1) is 52.2. The maximum absolute atomic E-state index is 12.7. The first-order valence-corrected chi connectivity index (χ1v) is 37.9. The molecule has 8 heterocycles. The van der Waals surface area contributed by atoms with Crippen molar-refractivity contribution in [1.29, 1.82) is 0 Å². The summed E-state index contributed by atoms with van der Waals surface area (Å²) in [6, 6.07) is 47.6. The highest BCUT2D eigenvalue weighted by atomic mass is 32.2. The van der Waals surface area contributed by atoms with Crippen molar-refractivity contribution < 1.29 is 56.3 Å². The number of para-hydroxylation sites is 2. The standard InChI is InChI=1S/C20H16N4O3S.C20H18N4O2S.C19H16N4O4S2.C18H13N3O3S/c1-10-7-14-15(8-11(10)2)22-19(21-14)23-17(25)13-5-3-12(4-6-13)9-16-18(26)24-20(27)28-16;1-11-7-15-16(8-12(11)2)23-19(22-15)21-10-14-5-3-13(4-6-14)9-17-18(25)24-20(26)27-17;1-10-7-14-15(8-11(10)2)21-18(20-14)23-29(26,27)13-5-3-12(4-6-13)9-16-17(24)22-19(25)28-16;22-17-15(25-18(23)21-17)9-11-5-7-12(8-6-11)24-10-16-19-13-3-1-2-4-14(13)20-16/h3-9H,1-2H3,(H,24,26,27)(H2,21,22,23,25);3-9H,10H2,1-2H3,(H2,21,22,23)(H,24,25,26);3-9H,1-2H3,(H2,20,21,23)(H,22,24,25);1-9H,10H2,(H,19,20)(H,21,22,23)/b16-9-;17-9-;16-9-;15-9-. The van der Waals surface area contributed by atoms with Crippen LogP contribution in [-0.4, -0.2) is 98.8 Å². The second-order valence-corrected chi connectivity index (χ2v) is 30.7. The monoisotopic (exact) mass is 1550 g/mol. The van der Waals surface area contributed by atoms with Crippen molar-refractivity contribution >= 4 is 194 Å². The molecule has 27 nitrogen and oxygen atoms in total. The lowest BCUT2D eigenvalue weighted by atomic mass is 10.1. The van der Waals surface area contributed by atoms with Crippen molar-refractivity contribution in [3.8, 4) is 5.75 Å². The molecule has 9 amide bonds. The molecule has 4 aromatic heterocycles. The molecule has 4 saturated heterocycles. The lowest BCUT2D eigenvalue weighted by Gasteiger charge is -2.05. The van der Waals surface area contributed by atoms with Crippen LogP contribution in [0.15, 0.2) is 182 Å². The van der Waals surface area contributed by atoms with Crippen LogP contribution in [0, 0.1) is 41.5 Å². The molecule has 0 radical (unpaired) electrons. The van der Waals surface area contributed by atoms with Crippen molar-refractivity contribution in [2.75, 3.05) is 15.4 Å². The number of aromatic amines is 4. The summed E-state index contributed by atoms with van der Waals surface area (Å²) in [6.45, 7) is 13.1. The predicted molar refractivity (Wildman–Crippen MR) is 425 cm³/mol. The third-order valence-corrected chi connectivity index (χ3v) is 21.6. The number of carbonyl (C=O) groups is 9. The number of H-pyrrole nitrogens is 4. The van der Waals surface area contributed by atoms with Crippen molar-refractivity contribution in [3.63, 3.8) is 0 Å². The highest BCUT2D eigenvalue weighted by Crippen LogP contribution is 2.32. The Morgan fingerprint density at radius 2 is 0.807 bits per heavy atom. The Morgan fingerprint density at radius 1 is 0.422 bits per heavy atom. The Balaban J connectivity index is 0.000000128. The van der Waals surface area contributed by atoms with Gasteiger partial charge < -0.3 is 30.0 Å². The van der Waals surface area contributed by atoms with Gasteiger partial charge in [0, 0.05) is 12.1 Å². The Morgan fingerprint density at radius 3 is 1.25 bits per heavy atom. The third kappa shape index (κ3) is 18.6. The number of aromatic nitrogens is 8.